The van der Waals surface area contributed by atoms with E-state index >= 15 is 0 Å². The number of allylic oxidation sites excluding steroid dienone is 2. The fourth-order valence-corrected chi connectivity index (χ4v) is 2.35. The predicted molar refractivity (Wildman–Crippen MR) is 87.1 cm³/mol. The van der Waals surface area contributed by atoms with Gasteiger partial charge in [-0.3, -0.25) is 4.79 Å². The van der Waals surface area contributed by atoms with Gasteiger partial charge in [0.1, 0.15) is 0 Å². The number of carboxylic acids is 1. The molecule has 0 aliphatic rings. The van der Waals surface area contributed by atoms with Gasteiger partial charge in [0.05, 0.1) is 0 Å². The molecule has 0 aromatic rings. The molecule has 21 heavy (non-hydrogen) atoms. The zero-order chi connectivity index (χ0) is 14.9. The maximum Gasteiger partial charge on any atom is 0.303 e. The Morgan fingerprint density at radius 3 is 1.67 bits per heavy atom. The number of rotatable bonds is 15. The van der Waals surface area contributed by atoms with Gasteiger partial charge in [0, 0.05) is 25.0 Å². The van der Waals surface area contributed by atoms with Crippen molar-refractivity contribution in [1.29, 1.82) is 0 Å². The molecule has 0 amide bonds. The van der Waals surface area contributed by atoms with Gasteiger partial charge in [0.25, 0.3) is 0 Å². The van der Waals surface area contributed by atoms with Gasteiger partial charge in [-0.15, -0.1) is 0 Å². The SMILES string of the molecule is CCCCCCCCC=CCCCCCCCC(=O)O.[V]. The second-order valence-corrected chi connectivity index (χ2v) is 5.73. The van der Waals surface area contributed by atoms with Crippen LogP contribution in [0.5, 0.6) is 0 Å². The summed E-state index contributed by atoms with van der Waals surface area (Å²) >= 11 is 0. The smallest absolute Gasteiger partial charge is 0.303 e. The Morgan fingerprint density at radius 1 is 0.762 bits per heavy atom. The van der Waals surface area contributed by atoms with Gasteiger partial charge in [-0.25, -0.2) is 0 Å². The first-order chi connectivity index (χ1) is 9.77. The Morgan fingerprint density at radius 2 is 1.19 bits per heavy atom. The number of carboxylic acid groups (broad SMARTS) is 1. The molecule has 1 radical (unpaired) electrons. The average molecular weight is 333 g/mol. The third-order valence-electron chi connectivity index (χ3n) is 3.65. The van der Waals surface area contributed by atoms with Gasteiger partial charge in [-0.05, 0) is 32.1 Å². The van der Waals surface area contributed by atoms with Crippen LogP contribution in [0.25, 0.3) is 0 Å². The van der Waals surface area contributed by atoms with E-state index in [1.807, 2.05) is 0 Å². The Balaban J connectivity index is 0. The number of hydrogen-bond donors (Lipinski definition) is 1. The molecular formula is C18H34O2V. The average Bonchev–Trinajstić information content (AvgIpc) is 2.43. The Bertz CT molecular complexity index is 239. The van der Waals surface area contributed by atoms with Crippen molar-refractivity contribution in [3.05, 3.63) is 12.2 Å². The van der Waals surface area contributed by atoms with Crippen molar-refractivity contribution >= 4 is 5.97 Å². The summed E-state index contributed by atoms with van der Waals surface area (Å²) in [5, 5.41) is 8.51. The molecular weight excluding hydrogens is 299 g/mol. The van der Waals surface area contributed by atoms with Crippen molar-refractivity contribution in [1.82, 2.24) is 0 Å². The molecule has 0 aliphatic carbocycles. The van der Waals surface area contributed by atoms with Gasteiger partial charge < -0.3 is 5.11 Å². The summed E-state index contributed by atoms with van der Waals surface area (Å²) in [5.74, 6) is -0.664. The van der Waals surface area contributed by atoms with E-state index in [1.54, 1.807) is 0 Å². The van der Waals surface area contributed by atoms with Gasteiger partial charge in [-0.1, -0.05) is 70.4 Å². The summed E-state index contributed by atoms with van der Waals surface area (Å²) < 4.78 is 0. The topological polar surface area (TPSA) is 37.3 Å². The van der Waals surface area contributed by atoms with Crippen molar-refractivity contribution in [3.63, 3.8) is 0 Å². The molecule has 0 rings (SSSR count). The van der Waals surface area contributed by atoms with E-state index in [0.717, 1.165) is 12.8 Å². The number of hydrogen-bond acceptors (Lipinski definition) is 1. The van der Waals surface area contributed by atoms with Crippen molar-refractivity contribution in [3.8, 4) is 0 Å². The van der Waals surface area contributed by atoms with Gasteiger partial charge >= 0.3 is 5.97 Å². The van der Waals surface area contributed by atoms with Crippen molar-refractivity contribution in [2.24, 2.45) is 0 Å². The van der Waals surface area contributed by atoms with E-state index < -0.39 is 5.97 Å². The monoisotopic (exact) mass is 333 g/mol. The Labute approximate surface area is 143 Å². The third kappa shape index (κ3) is 22.2. The van der Waals surface area contributed by atoms with Crippen LogP contribution in [-0.2, 0) is 23.4 Å². The number of carbonyl (C=O) groups is 1. The summed E-state index contributed by atoms with van der Waals surface area (Å²) in [7, 11) is 0. The maximum atomic E-state index is 10.3. The molecule has 0 saturated carbocycles. The van der Waals surface area contributed by atoms with Crippen molar-refractivity contribution in [2.75, 3.05) is 0 Å². The van der Waals surface area contributed by atoms with Crippen LogP contribution in [0.4, 0.5) is 0 Å². The fourth-order valence-electron chi connectivity index (χ4n) is 2.35. The fraction of sp³-hybridized carbons (Fsp3) is 0.833. The quantitative estimate of drug-likeness (QED) is 0.290. The molecule has 0 spiro atoms. The molecule has 0 atom stereocenters. The van der Waals surface area contributed by atoms with E-state index in [1.165, 1.54) is 70.6 Å². The van der Waals surface area contributed by atoms with Crippen LogP contribution in [-0.4, -0.2) is 11.1 Å². The minimum atomic E-state index is -0.664. The molecule has 0 heterocycles. The first-order valence-electron chi connectivity index (χ1n) is 8.64. The summed E-state index contributed by atoms with van der Waals surface area (Å²) in [6.45, 7) is 2.26. The second kappa shape index (κ2) is 19.8. The maximum absolute atomic E-state index is 10.3. The van der Waals surface area contributed by atoms with E-state index in [0.29, 0.717) is 6.42 Å². The molecule has 123 valence electrons. The minimum Gasteiger partial charge on any atom is -0.481 e. The van der Waals surface area contributed by atoms with Crippen LogP contribution in [0.1, 0.15) is 96.8 Å². The molecule has 0 unspecified atom stereocenters. The van der Waals surface area contributed by atoms with Gasteiger partial charge in [-0.2, -0.15) is 0 Å². The van der Waals surface area contributed by atoms with Gasteiger partial charge in [0.15, 0.2) is 0 Å². The molecule has 0 saturated heterocycles. The zero-order valence-electron chi connectivity index (χ0n) is 13.9. The zero-order valence-corrected chi connectivity index (χ0v) is 15.3. The van der Waals surface area contributed by atoms with Crippen molar-refractivity contribution < 1.29 is 28.5 Å². The van der Waals surface area contributed by atoms with E-state index in [9.17, 15) is 4.79 Å². The first-order valence-corrected chi connectivity index (χ1v) is 8.64. The molecule has 0 bridgehead atoms. The molecule has 2 nitrogen and oxygen atoms in total. The predicted octanol–water partition coefficient (Wildman–Crippen LogP) is 6.11. The van der Waals surface area contributed by atoms with Crippen LogP contribution in [0.3, 0.4) is 0 Å². The van der Waals surface area contributed by atoms with E-state index in [2.05, 4.69) is 19.1 Å². The number of aliphatic carboxylic acids is 1. The Hall–Kier alpha value is -0.206. The Kier molecular flexibility index (Phi) is 21.7. The van der Waals surface area contributed by atoms with E-state index in [4.69, 9.17) is 5.11 Å². The largest absolute Gasteiger partial charge is 0.481 e. The molecule has 0 aromatic heterocycles. The third-order valence-corrected chi connectivity index (χ3v) is 3.65. The van der Waals surface area contributed by atoms with Crippen LogP contribution >= 0.6 is 0 Å². The molecule has 3 heteroatoms. The normalized spacial score (nSPS) is 10.7. The minimum absolute atomic E-state index is 0. The standard InChI is InChI=1S/C18H34O2.V/c1-2-3-4-5-6-7-8-9-10-11-12-13-14-15-16-17-18(19)20;/h9-10H,2-8,11-17H2,1H3,(H,19,20);. The molecule has 0 aliphatic heterocycles. The summed E-state index contributed by atoms with van der Waals surface area (Å²) in [4.78, 5) is 10.3. The summed E-state index contributed by atoms with van der Waals surface area (Å²) in [5.41, 5.74) is 0. The second-order valence-electron chi connectivity index (χ2n) is 5.73. The summed E-state index contributed by atoms with van der Waals surface area (Å²) in [6, 6.07) is 0. The van der Waals surface area contributed by atoms with Crippen LogP contribution < -0.4 is 0 Å². The van der Waals surface area contributed by atoms with Crippen LogP contribution in [0.15, 0.2) is 12.2 Å². The summed E-state index contributed by atoms with van der Waals surface area (Å²) in [6.07, 6.45) is 21.2. The first kappa shape index (κ1) is 23.1. The van der Waals surface area contributed by atoms with Crippen molar-refractivity contribution in [2.45, 2.75) is 96.8 Å². The van der Waals surface area contributed by atoms with E-state index in [-0.39, 0.29) is 18.6 Å². The molecule has 1 N–H and O–H groups in total. The molecule has 0 aromatic carbocycles. The van der Waals surface area contributed by atoms with Gasteiger partial charge in [0.2, 0.25) is 0 Å². The number of unbranched alkanes of at least 4 members (excludes halogenated alkanes) is 11. The van der Waals surface area contributed by atoms with Crippen LogP contribution in [0, 0.1) is 0 Å². The molecule has 0 fully saturated rings. The van der Waals surface area contributed by atoms with Crippen LogP contribution in [0.2, 0.25) is 0 Å².